The molecule has 0 bridgehead atoms. The zero-order valence-electron chi connectivity index (χ0n) is 14.7. The summed E-state index contributed by atoms with van der Waals surface area (Å²) in [6, 6.07) is 35.1. The lowest BCUT2D eigenvalue weighted by molar-refractivity contribution is 0.454. The van der Waals surface area contributed by atoms with Crippen molar-refractivity contribution >= 4 is 7.69 Å². The Morgan fingerprint density at radius 1 is 0.481 bits per heavy atom. The van der Waals surface area contributed by atoms with Gasteiger partial charge in [0, 0.05) is 0 Å². The van der Waals surface area contributed by atoms with Crippen molar-refractivity contribution < 1.29 is 9.68 Å². The van der Waals surface area contributed by atoms with Gasteiger partial charge in [0.2, 0.25) is 0 Å². The van der Waals surface area contributed by atoms with Gasteiger partial charge < -0.3 is 9.68 Å². The first-order chi connectivity index (χ1) is 13.3. The molecular formula is C24H18BO2. The quantitative estimate of drug-likeness (QED) is 0.476. The molecule has 0 atom stereocenters. The standard InChI is InChI=1S/C24H18BO2/c26-25-27-24-13-11-20(12-14-24)23-16-21(18-7-3-1-4-8-18)15-22(17-23)19-9-5-2-6-10-19/h1-17,26H. The number of benzene rings is 4. The van der Waals surface area contributed by atoms with E-state index in [2.05, 4.69) is 66.7 Å². The largest absolute Gasteiger partial charge is 0.569 e. The van der Waals surface area contributed by atoms with Crippen LogP contribution < -0.4 is 4.65 Å². The van der Waals surface area contributed by atoms with Gasteiger partial charge in [-0.15, -0.1) is 0 Å². The lowest BCUT2D eigenvalue weighted by Gasteiger charge is -2.12. The highest BCUT2D eigenvalue weighted by atomic mass is 16.5. The fourth-order valence-electron chi connectivity index (χ4n) is 3.18. The molecule has 0 heterocycles. The van der Waals surface area contributed by atoms with Crippen molar-refractivity contribution in [2.24, 2.45) is 0 Å². The first-order valence-electron chi connectivity index (χ1n) is 8.82. The molecule has 0 aliphatic rings. The second-order valence-electron chi connectivity index (χ2n) is 6.28. The van der Waals surface area contributed by atoms with Gasteiger partial charge in [0.05, 0.1) is 0 Å². The number of rotatable bonds is 5. The van der Waals surface area contributed by atoms with E-state index in [9.17, 15) is 0 Å². The summed E-state index contributed by atoms with van der Waals surface area (Å²) in [6.45, 7) is 0. The van der Waals surface area contributed by atoms with E-state index < -0.39 is 0 Å². The Morgan fingerprint density at radius 2 is 0.889 bits per heavy atom. The maximum absolute atomic E-state index is 8.78. The Kier molecular flexibility index (Phi) is 5.04. The molecule has 0 aromatic heterocycles. The van der Waals surface area contributed by atoms with Crippen LogP contribution in [-0.4, -0.2) is 12.7 Å². The summed E-state index contributed by atoms with van der Waals surface area (Å²) in [5.74, 6) is 0.601. The third-order valence-corrected chi connectivity index (χ3v) is 4.52. The molecular weight excluding hydrogens is 331 g/mol. The highest BCUT2D eigenvalue weighted by Gasteiger charge is 2.07. The van der Waals surface area contributed by atoms with Crippen LogP contribution in [0.5, 0.6) is 5.75 Å². The van der Waals surface area contributed by atoms with Crippen LogP contribution in [0.25, 0.3) is 33.4 Å². The van der Waals surface area contributed by atoms with Crippen molar-refractivity contribution in [3.05, 3.63) is 103 Å². The molecule has 27 heavy (non-hydrogen) atoms. The predicted molar refractivity (Wildman–Crippen MR) is 111 cm³/mol. The average Bonchev–Trinajstić information content (AvgIpc) is 2.75. The van der Waals surface area contributed by atoms with Gasteiger partial charge in [-0.2, -0.15) is 0 Å². The molecule has 0 aliphatic heterocycles. The molecule has 0 spiro atoms. The molecule has 1 radical (unpaired) electrons. The average molecular weight is 349 g/mol. The molecule has 3 heteroatoms. The molecule has 1 N–H and O–H groups in total. The van der Waals surface area contributed by atoms with Crippen LogP contribution in [0.4, 0.5) is 0 Å². The Bertz CT molecular complexity index is 955. The summed E-state index contributed by atoms with van der Waals surface area (Å²) in [6.07, 6.45) is 0. The van der Waals surface area contributed by atoms with Crippen LogP contribution in [0.15, 0.2) is 103 Å². The molecule has 0 saturated carbocycles. The van der Waals surface area contributed by atoms with Crippen molar-refractivity contribution in [2.75, 3.05) is 0 Å². The smallest absolute Gasteiger partial charge is 0.537 e. The van der Waals surface area contributed by atoms with Gasteiger partial charge in [0.25, 0.3) is 0 Å². The lowest BCUT2D eigenvalue weighted by Crippen LogP contribution is -1.99. The molecule has 4 aromatic rings. The van der Waals surface area contributed by atoms with Crippen LogP contribution in [0.3, 0.4) is 0 Å². The molecule has 0 aliphatic carbocycles. The second-order valence-corrected chi connectivity index (χ2v) is 6.28. The van der Waals surface area contributed by atoms with E-state index in [1.807, 2.05) is 36.4 Å². The van der Waals surface area contributed by atoms with Crippen LogP contribution in [0.1, 0.15) is 0 Å². The van der Waals surface area contributed by atoms with E-state index in [0.717, 1.165) is 11.1 Å². The zero-order valence-corrected chi connectivity index (χ0v) is 14.7. The Balaban J connectivity index is 1.83. The summed E-state index contributed by atoms with van der Waals surface area (Å²) in [5.41, 5.74) is 6.95. The van der Waals surface area contributed by atoms with E-state index in [1.165, 1.54) is 22.3 Å². The Morgan fingerprint density at radius 3 is 1.30 bits per heavy atom. The molecule has 4 aromatic carbocycles. The summed E-state index contributed by atoms with van der Waals surface area (Å²) in [7, 11) is 0.693. The maximum Gasteiger partial charge on any atom is 0.569 e. The summed E-state index contributed by atoms with van der Waals surface area (Å²) >= 11 is 0. The maximum atomic E-state index is 8.78. The number of hydrogen-bond acceptors (Lipinski definition) is 2. The second kappa shape index (κ2) is 7.94. The Labute approximate surface area is 160 Å². The van der Waals surface area contributed by atoms with E-state index in [0.29, 0.717) is 13.4 Å². The first kappa shape index (κ1) is 17.1. The molecule has 4 rings (SSSR count). The van der Waals surface area contributed by atoms with Crippen LogP contribution >= 0.6 is 0 Å². The highest BCUT2D eigenvalue weighted by molar-refractivity contribution is 6.17. The fraction of sp³-hybridized carbons (Fsp3) is 0. The van der Waals surface area contributed by atoms with Gasteiger partial charge >= 0.3 is 7.69 Å². The van der Waals surface area contributed by atoms with Crippen molar-refractivity contribution in [3.63, 3.8) is 0 Å². The Hall–Kier alpha value is -3.30. The lowest BCUT2D eigenvalue weighted by atomic mass is 9.93. The molecule has 0 unspecified atom stereocenters. The van der Waals surface area contributed by atoms with Gasteiger partial charge in [0.15, 0.2) is 0 Å². The minimum absolute atomic E-state index is 0.601. The van der Waals surface area contributed by atoms with Gasteiger partial charge in [-0.1, -0.05) is 72.8 Å². The molecule has 0 amide bonds. The van der Waals surface area contributed by atoms with Crippen molar-refractivity contribution in [1.29, 1.82) is 0 Å². The monoisotopic (exact) mass is 349 g/mol. The van der Waals surface area contributed by atoms with E-state index in [4.69, 9.17) is 9.68 Å². The highest BCUT2D eigenvalue weighted by Crippen LogP contribution is 2.33. The van der Waals surface area contributed by atoms with E-state index in [1.54, 1.807) is 0 Å². The summed E-state index contributed by atoms with van der Waals surface area (Å²) in [5, 5.41) is 8.78. The molecule has 2 nitrogen and oxygen atoms in total. The van der Waals surface area contributed by atoms with Crippen LogP contribution in [0, 0.1) is 0 Å². The molecule has 129 valence electrons. The van der Waals surface area contributed by atoms with Crippen LogP contribution in [0.2, 0.25) is 0 Å². The number of hydrogen-bond donors (Lipinski definition) is 1. The molecule has 0 fully saturated rings. The van der Waals surface area contributed by atoms with Crippen molar-refractivity contribution in [1.82, 2.24) is 0 Å². The third kappa shape index (κ3) is 3.94. The van der Waals surface area contributed by atoms with Gasteiger partial charge in [-0.05, 0) is 63.7 Å². The summed E-state index contributed by atoms with van der Waals surface area (Å²) < 4.78 is 5.01. The van der Waals surface area contributed by atoms with Gasteiger partial charge in [0.1, 0.15) is 5.75 Å². The predicted octanol–water partition coefficient (Wildman–Crippen LogP) is 5.59. The normalized spacial score (nSPS) is 10.4. The van der Waals surface area contributed by atoms with Crippen molar-refractivity contribution in [3.8, 4) is 39.1 Å². The fourth-order valence-corrected chi connectivity index (χ4v) is 3.18. The SMILES string of the molecule is O[B]Oc1ccc(-c2cc(-c3ccccc3)cc(-c3ccccc3)c2)cc1. The third-order valence-electron chi connectivity index (χ3n) is 4.52. The summed E-state index contributed by atoms with van der Waals surface area (Å²) in [4.78, 5) is 0. The van der Waals surface area contributed by atoms with Crippen LogP contribution in [-0.2, 0) is 0 Å². The minimum Gasteiger partial charge on any atom is -0.537 e. The topological polar surface area (TPSA) is 29.5 Å². The molecule has 0 saturated heterocycles. The van der Waals surface area contributed by atoms with Gasteiger partial charge in [-0.25, -0.2) is 0 Å². The van der Waals surface area contributed by atoms with Crippen molar-refractivity contribution in [2.45, 2.75) is 0 Å². The zero-order chi connectivity index (χ0) is 18.5. The first-order valence-corrected chi connectivity index (χ1v) is 8.82. The van der Waals surface area contributed by atoms with Gasteiger partial charge in [-0.3, -0.25) is 0 Å². The minimum atomic E-state index is 0.601. The van der Waals surface area contributed by atoms with E-state index in [-0.39, 0.29) is 0 Å². The van der Waals surface area contributed by atoms with E-state index >= 15 is 0 Å².